The van der Waals surface area contributed by atoms with Crippen molar-refractivity contribution in [2.24, 2.45) is 7.05 Å². The van der Waals surface area contributed by atoms with Gasteiger partial charge in [-0.1, -0.05) is 17.7 Å². The number of nitrogens with zero attached hydrogens (tertiary/aromatic N) is 3. The van der Waals surface area contributed by atoms with Crippen molar-refractivity contribution in [2.75, 3.05) is 26.2 Å². The van der Waals surface area contributed by atoms with Crippen LogP contribution in [0.1, 0.15) is 10.5 Å². The van der Waals surface area contributed by atoms with Crippen molar-refractivity contribution in [2.45, 2.75) is 4.90 Å². The zero-order valence-electron chi connectivity index (χ0n) is 13.2. The smallest absolute Gasteiger partial charge is 0.270 e. The monoisotopic (exact) mass is 367 g/mol. The molecule has 0 N–H and O–H groups in total. The second-order valence-electron chi connectivity index (χ2n) is 5.66. The summed E-state index contributed by atoms with van der Waals surface area (Å²) in [6.07, 6.45) is 1.81. The summed E-state index contributed by atoms with van der Waals surface area (Å²) >= 11 is 5.89. The van der Waals surface area contributed by atoms with Crippen molar-refractivity contribution in [3.05, 3.63) is 53.3 Å². The van der Waals surface area contributed by atoms with Crippen molar-refractivity contribution in [3.8, 4) is 0 Å². The van der Waals surface area contributed by atoms with Crippen molar-refractivity contribution < 1.29 is 13.2 Å². The van der Waals surface area contributed by atoms with Gasteiger partial charge >= 0.3 is 0 Å². The number of piperazine rings is 1. The molecule has 6 nitrogen and oxygen atoms in total. The average Bonchev–Trinajstić information content (AvgIpc) is 3.00. The van der Waals surface area contributed by atoms with Crippen LogP contribution in [0.2, 0.25) is 5.02 Å². The van der Waals surface area contributed by atoms with Crippen LogP contribution >= 0.6 is 11.6 Å². The molecule has 1 aliphatic rings. The summed E-state index contributed by atoms with van der Waals surface area (Å²) < 4.78 is 28.5. The minimum atomic E-state index is -3.59. The normalized spacial score (nSPS) is 16.3. The molecule has 0 aliphatic carbocycles. The summed E-state index contributed by atoms with van der Waals surface area (Å²) in [6.45, 7) is 1.27. The molecule has 0 radical (unpaired) electrons. The van der Waals surface area contributed by atoms with Crippen LogP contribution in [0.25, 0.3) is 0 Å². The molecule has 1 aliphatic heterocycles. The van der Waals surface area contributed by atoms with E-state index in [9.17, 15) is 13.2 Å². The van der Waals surface area contributed by atoms with Crippen LogP contribution in [0.15, 0.2) is 47.5 Å². The predicted molar refractivity (Wildman–Crippen MR) is 91.5 cm³/mol. The first-order chi connectivity index (χ1) is 11.4. The van der Waals surface area contributed by atoms with E-state index in [1.54, 1.807) is 27.7 Å². The molecule has 1 aromatic carbocycles. The van der Waals surface area contributed by atoms with Crippen molar-refractivity contribution in [1.29, 1.82) is 0 Å². The van der Waals surface area contributed by atoms with Gasteiger partial charge in [0.2, 0.25) is 10.0 Å². The van der Waals surface area contributed by atoms with E-state index < -0.39 is 10.0 Å². The van der Waals surface area contributed by atoms with Gasteiger partial charge in [-0.2, -0.15) is 4.31 Å². The summed E-state index contributed by atoms with van der Waals surface area (Å²) in [5, 5.41) is 0.383. The molecule has 24 heavy (non-hydrogen) atoms. The molecule has 3 rings (SSSR count). The Morgan fingerprint density at radius 3 is 2.38 bits per heavy atom. The lowest BCUT2D eigenvalue weighted by Crippen LogP contribution is -2.50. The number of hydrogen-bond donors (Lipinski definition) is 0. The number of carbonyl (C=O) groups excluding carboxylic acids is 1. The zero-order valence-corrected chi connectivity index (χ0v) is 14.8. The van der Waals surface area contributed by atoms with E-state index in [0.29, 0.717) is 23.8 Å². The minimum absolute atomic E-state index is 0.0812. The predicted octanol–water partition coefficient (Wildman–Crippen LogP) is 1.83. The number of aryl methyl sites for hydroxylation is 1. The minimum Gasteiger partial charge on any atom is -0.347 e. The highest BCUT2D eigenvalue weighted by Gasteiger charge is 2.31. The summed E-state index contributed by atoms with van der Waals surface area (Å²) in [5.74, 6) is -0.0812. The number of halogens is 1. The molecular formula is C16H18ClN3O3S. The lowest BCUT2D eigenvalue weighted by molar-refractivity contribution is 0.0688. The van der Waals surface area contributed by atoms with Gasteiger partial charge in [0.25, 0.3) is 5.91 Å². The van der Waals surface area contributed by atoms with Crippen LogP contribution in [0, 0.1) is 0 Å². The number of benzene rings is 1. The average molecular weight is 368 g/mol. The summed E-state index contributed by atoms with van der Waals surface area (Å²) in [6, 6.07) is 9.80. The highest BCUT2D eigenvalue weighted by Crippen LogP contribution is 2.21. The maximum absolute atomic E-state index is 12.7. The molecule has 2 aromatic rings. The number of carbonyl (C=O) groups is 1. The topological polar surface area (TPSA) is 62.6 Å². The van der Waals surface area contributed by atoms with E-state index in [0.717, 1.165) is 0 Å². The van der Waals surface area contributed by atoms with Crippen LogP contribution in [0.5, 0.6) is 0 Å². The van der Waals surface area contributed by atoms with E-state index in [4.69, 9.17) is 11.6 Å². The van der Waals surface area contributed by atoms with Crippen LogP contribution in [0.3, 0.4) is 0 Å². The number of rotatable bonds is 3. The molecule has 0 spiro atoms. The molecule has 0 unspecified atom stereocenters. The van der Waals surface area contributed by atoms with Crippen molar-refractivity contribution in [3.63, 3.8) is 0 Å². The Morgan fingerprint density at radius 2 is 1.79 bits per heavy atom. The molecule has 128 valence electrons. The van der Waals surface area contributed by atoms with E-state index in [1.165, 1.54) is 16.4 Å². The highest BCUT2D eigenvalue weighted by molar-refractivity contribution is 7.89. The molecule has 8 heteroatoms. The zero-order chi connectivity index (χ0) is 17.3. The van der Waals surface area contributed by atoms with Gasteiger partial charge in [-0.25, -0.2) is 8.42 Å². The molecule has 0 atom stereocenters. The van der Waals surface area contributed by atoms with E-state index >= 15 is 0 Å². The summed E-state index contributed by atoms with van der Waals surface area (Å²) in [5.41, 5.74) is 0.598. The maximum Gasteiger partial charge on any atom is 0.270 e. The molecule has 1 fully saturated rings. The highest BCUT2D eigenvalue weighted by atomic mass is 35.5. The second kappa shape index (κ2) is 6.58. The third-order valence-corrected chi connectivity index (χ3v) is 6.25. The SMILES string of the molecule is Cn1cccc1C(=O)N1CCN(S(=O)(=O)c2cccc(Cl)c2)CC1. The van der Waals surface area contributed by atoms with Gasteiger partial charge in [0.1, 0.15) is 5.69 Å². The quantitative estimate of drug-likeness (QED) is 0.831. The lowest BCUT2D eigenvalue weighted by Gasteiger charge is -2.34. The standard InChI is InChI=1S/C16H18ClN3O3S/c1-18-7-3-6-15(18)16(21)19-8-10-20(11-9-19)24(22,23)14-5-2-4-13(17)12-14/h2-7,12H,8-11H2,1H3. The largest absolute Gasteiger partial charge is 0.347 e. The maximum atomic E-state index is 12.7. The van der Waals surface area contributed by atoms with Crippen molar-refractivity contribution >= 4 is 27.5 Å². The Morgan fingerprint density at radius 1 is 1.08 bits per heavy atom. The van der Waals surface area contributed by atoms with Gasteiger partial charge < -0.3 is 9.47 Å². The second-order valence-corrected chi connectivity index (χ2v) is 8.03. The number of aromatic nitrogens is 1. The Labute approximate surface area is 146 Å². The van der Waals surface area contributed by atoms with Crippen LogP contribution in [0.4, 0.5) is 0 Å². The Kier molecular flexibility index (Phi) is 4.67. The first kappa shape index (κ1) is 17.0. The fourth-order valence-corrected chi connectivity index (χ4v) is 4.48. The molecule has 2 heterocycles. The number of hydrogen-bond acceptors (Lipinski definition) is 3. The number of sulfonamides is 1. The summed E-state index contributed by atoms with van der Waals surface area (Å²) in [4.78, 5) is 14.3. The summed E-state index contributed by atoms with van der Waals surface area (Å²) in [7, 11) is -1.78. The molecule has 0 saturated carbocycles. The lowest BCUT2D eigenvalue weighted by atomic mass is 10.3. The Hall–Kier alpha value is -1.83. The Balaban J connectivity index is 1.71. The van der Waals surface area contributed by atoms with Gasteiger partial charge in [-0.15, -0.1) is 0 Å². The molecule has 1 amide bonds. The fourth-order valence-electron chi connectivity index (χ4n) is 2.75. The van der Waals surface area contributed by atoms with Gasteiger partial charge in [0.15, 0.2) is 0 Å². The van der Waals surface area contributed by atoms with Crippen LogP contribution < -0.4 is 0 Å². The Bertz CT molecular complexity index is 855. The van der Waals surface area contributed by atoms with Gasteiger partial charge in [-0.3, -0.25) is 4.79 Å². The van der Waals surface area contributed by atoms with Crippen LogP contribution in [-0.4, -0.2) is 54.3 Å². The molecule has 0 bridgehead atoms. The third-order valence-electron chi connectivity index (χ3n) is 4.12. The molecule has 1 saturated heterocycles. The van der Waals surface area contributed by atoms with Gasteiger partial charge in [0, 0.05) is 44.4 Å². The fraction of sp³-hybridized carbons (Fsp3) is 0.312. The molecular weight excluding hydrogens is 350 g/mol. The third kappa shape index (κ3) is 3.19. The van der Waals surface area contributed by atoms with E-state index in [-0.39, 0.29) is 23.9 Å². The number of amides is 1. The first-order valence-electron chi connectivity index (χ1n) is 7.56. The first-order valence-corrected chi connectivity index (χ1v) is 9.38. The van der Waals surface area contributed by atoms with Crippen molar-refractivity contribution in [1.82, 2.24) is 13.8 Å². The van der Waals surface area contributed by atoms with Gasteiger partial charge in [-0.05, 0) is 30.3 Å². The van der Waals surface area contributed by atoms with Gasteiger partial charge in [0.05, 0.1) is 4.90 Å². The molecule has 1 aromatic heterocycles. The van der Waals surface area contributed by atoms with E-state index in [1.807, 2.05) is 19.3 Å². The van der Waals surface area contributed by atoms with Crippen LogP contribution in [-0.2, 0) is 17.1 Å². The van der Waals surface area contributed by atoms with E-state index in [2.05, 4.69) is 0 Å².